The minimum Gasteiger partial charge on any atom is -0.392 e. The monoisotopic (exact) mass is 278 g/mol. The summed E-state index contributed by atoms with van der Waals surface area (Å²) in [5.74, 6) is 0.898. The molecule has 0 atom stereocenters. The fourth-order valence-corrected chi connectivity index (χ4v) is 3.24. The van der Waals surface area contributed by atoms with E-state index >= 15 is 0 Å². The molecule has 4 heteroatoms. The quantitative estimate of drug-likeness (QED) is 0.903. The summed E-state index contributed by atoms with van der Waals surface area (Å²) in [7, 11) is 0. The van der Waals surface area contributed by atoms with Crippen molar-refractivity contribution in [1.29, 1.82) is 0 Å². The zero-order valence-corrected chi connectivity index (χ0v) is 13.4. The van der Waals surface area contributed by atoms with E-state index in [1.165, 1.54) is 0 Å². The van der Waals surface area contributed by atoms with Gasteiger partial charge in [0.2, 0.25) is 0 Å². The largest absolute Gasteiger partial charge is 0.392 e. The number of pyridine rings is 1. The van der Waals surface area contributed by atoms with Crippen LogP contribution in [0.2, 0.25) is 0 Å². The summed E-state index contributed by atoms with van der Waals surface area (Å²) in [5.41, 5.74) is 2.54. The Kier molecular flexibility index (Phi) is 3.82. The molecule has 20 heavy (non-hydrogen) atoms. The lowest BCUT2D eigenvalue weighted by Crippen LogP contribution is -2.57. The molecule has 0 radical (unpaired) electrons. The molecular formula is C16H26N2O2. The van der Waals surface area contributed by atoms with E-state index in [1.54, 1.807) is 0 Å². The van der Waals surface area contributed by atoms with Crippen molar-refractivity contribution in [3.05, 3.63) is 22.9 Å². The van der Waals surface area contributed by atoms with Crippen molar-refractivity contribution in [2.24, 2.45) is 0 Å². The van der Waals surface area contributed by atoms with Crippen LogP contribution in [0.4, 0.5) is 5.82 Å². The van der Waals surface area contributed by atoms with E-state index in [9.17, 15) is 5.11 Å². The lowest BCUT2D eigenvalue weighted by molar-refractivity contribution is -0.133. The third-order valence-electron chi connectivity index (χ3n) is 3.61. The van der Waals surface area contributed by atoms with Crippen LogP contribution in [0.25, 0.3) is 0 Å². The highest BCUT2D eigenvalue weighted by atomic mass is 16.5. The molecule has 0 unspecified atom stereocenters. The van der Waals surface area contributed by atoms with Gasteiger partial charge < -0.3 is 14.7 Å². The van der Waals surface area contributed by atoms with E-state index in [-0.39, 0.29) is 17.8 Å². The molecule has 1 N–H and O–H groups in total. The molecule has 4 nitrogen and oxygen atoms in total. The molecule has 1 aliphatic heterocycles. The van der Waals surface area contributed by atoms with Gasteiger partial charge in [0.05, 0.1) is 17.8 Å². The topological polar surface area (TPSA) is 45.6 Å². The Morgan fingerprint density at radius 1 is 1.20 bits per heavy atom. The first-order valence-corrected chi connectivity index (χ1v) is 7.17. The van der Waals surface area contributed by atoms with Crippen molar-refractivity contribution in [3.63, 3.8) is 0 Å². The molecule has 0 bridgehead atoms. The lowest BCUT2D eigenvalue weighted by Gasteiger charge is -2.48. The zero-order chi connectivity index (χ0) is 15.1. The Morgan fingerprint density at radius 3 is 2.25 bits per heavy atom. The number of rotatable bonds is 2. The van der Waals surface area contributed by atoms with E-state index in [1.807, 2.05) is 19.9 Å². The molecule has 1 aromatic rings. The van der Waals surface area contributed by atoms with Crippen molar-refractivity contribution in [1.82, 2.24) is 4.98 Å². The second kappa shape index (κ2) is 5.01. The summed E-state index contributed by atoms with van der Waals surface area (Å²) >= 11 is 0. The maximum atomic E-state index is 9.68. The fraction of sp³-hybridized carbons (Fsp3) is 0.688. The van der Waals surface area contributed by atoms with Crippen LogP contribution in [-0.2, 0) is 11.3 Å². The van der Waals surface area contributed by atoms with Crippen LogP contribution < -0.4 is 4.90 Å². The summed E-state index contributed by atoms with van der Waals surface area (Å²) < 4.78 is 6.11. The first kappa shape index (κ1) is 15.3. The van der Waals surface area contributed by atoms with Crippen LogP contribution in [0, 0.1) is 13.8 Å². The third kappa shape index (κ3) is 3.13. The zero-order valence-electron chi connectivity index (χ0n) is 13.4. The van der Waals surface area contributed by atoms with Crippen molar-refractivity contribution < 1.29 is 9.84 Å². The van der Waals surface area contributed by atoms with Gasteiger partial charge in [0.15, 0.2) is 0 Å². The molecule has 1 aromatic heterocycles. The molecule has 2 heterocycles. The molecule has 1 aliphatic rings. The molecule has 0 amide bonds. The number of morpholine rings is 1. The number of anilines is 1. The standard InChI is InChI=1S/C16H26N2O2/c1-11-7-12(2)17-14(13(11)8-19)18-9-15(3,4)20-16(5,6)10-18/h7,19H,8-10H2,1-6H3. The average molecular weight is 278 g/mol. The van der Waals surface area contributed by atoms with Crippen LogP contribution in [-0.4, -0.2) is 34.4 Å². The number of hydrogen-bond acceptors (Lipinski definition) is 4. The second-order valence-electron chi connectivity index (χ2n) is 7.02. The van der Waals surface area contributed by atoms with Gasteiger partial charge in [0, 0.05) is 24.3 Å². The summed E-state index contributed by atoms with van der Waals surface area (Å²) in [6.45, 7) is 14.0. The van der Waals surface area contributed by atoms with Gasteiger partial charge in [-0.05, 0) is 53.2 Å². The summed E-state index contributed by atoms with van der Waals surface area (Å²) in [6.07, 6.45) is 0. The normalized spacial score (nSPS) is 21.1. The molecule has 112 valence electrons. The predicted octanol–water partition coefficient (Wildman–Crippen LogP) is 2.58. The summed E-state index contributed by atoms with van der Waals surface area (Å²) in [4.78, 5) is 6.92. The number of aliphatic hydroxyl groups excluding tert-OH is 1. The van der Waals surface area contributed by atoms with Crippen LogP contribution in [0.15, 0.2) is 6.07 Å². The van der Waals surface area contributed by atoms with Crippen molar-refractivity contribution in [2.45, 2.75) is 59.4 Å². The Morgan fingerprint density at radius 2 is 1.75 bits per heavy atom. The van der Waals surface area contributed by atoms with Gasteiger partial charge in [0.25, 0.3) is 0 Å². The average Bonchev–Trinajstić information content (AvgIpc) is 2.23. The molecule has 0 aromatic carbocycles. The van der Waals surface area contributed by atoms with Crippen molar-refractivity contribution in [3.8, 4) is 0 Å². The first-order chi connectivity index (χ1) is 9.13. The molecular weight excluding hydrogens is 252 g/mol. The van der Waals surface area contributed by atoms with Crippen LogP contribution in [0.1, 0.15) is 44.5 Å². The summed E-state index contributed by atoms with van der Waals surface area (Å²) in [5, 5.41) is 9.68. The van der Waals surface area contributed by atoms with Crippen molar-refractivity contribution >= 4 is 5.82 Å². The second-order valence-corrected chi connectivity index (χ2v) is 7.02. The lowest BCUT2D eigenvalue weighted by atomic mass is 9.98. The van der Waals surface area contributed by atoms with Gasteiger partial charge in [-0.3, -0.25) is 0 Å². The number of aromatic nitrogens is 1. The van der Waals surface area contributed by atoms with E-state index < -0.39 is 0 Å². The van der Waals surface area contributed by atoms with E-state index in [0.717, 1.165) is 35.7 Å². The number of nitrogens with zero attached hydrogens (tertiary/aromatic N) is 2. The van der Waals surface area contributed by atoms with Gasteiger partial charge in [-0.2, -0.15) is 0 Å². The molecule has 0 saturated carbocycles. The maximum Gasteiger partial charge on any atom is 0.134 e. The third-order valence-corrected chi connectivity index (χ3v) is 3.61. The van der Waals surface area contributed by atoms with Gasteiger partial charge >= 0.3 is 0 Å². The molecule has 1 fully saturated rings. The van der Waals surface area contributed by atoms with Crippen LogP contribution in [0.5, 0.6) is 0 Å². The molecule has 2 rings (SSSR count). The Hall–Kier alpha value is -1.13. The SMILES string of the molecule is Cc1cc(C)c(CO)c(N2CC(C)(C)OC(C)(C)C2)n1. The number of aliphatic hydroxyl groups is 1. The van der Waals surface area contributed by atoms with E-state index in [0.29, 0.717) is 0 Å². The number of aryl methyl sites for hydroxylation is 2. The van der Waals surface area contributed by atoms with Gasteiger partial charge in [0.1, 0.15) is 5.82 Å². The molecule has 0 spiro atoms. The van der Waals surface area contributed by atoms with Gasteiger partial charge in [-0.15, -0.1) is 0 Å². The van der Waals surface area contributed by atoms with Gasteiger partial charge in [-0.25, -0.2) is 4.98 Å². The van der Waals surface area contributed by atoms with Crippen LogP contribution >= 0.6 is 0 Å². The highest BCUT2D eigenvalue weighted by Gasteiger charge is 2.39. The minimum atomic E-state index is -0.228. The highest BCUT2D eigenvalue weighted by Crippen LogP contribution is 2.33. The van der Waals surface area contributed by atoms with E-state index in [4.69, 9.17) is 4.74 Å². The predicted molar refractivity (Wildman–Crippen MR) is 81.1 cm³/mol. The van der Waals surface area contributed by atoms with Crippen molar-refractivity contribution in [2.75, 3.05) is 18.0 Å². The molecule has 1 saturated heterocycles. The Balaban J connectivity index is 2.45. The van der Waals surface area contributed by atoms with E-state index in [2.05, 4.69) is 37.6 Å². The van der Waals surface area contributed by atoms with Crippen LogP contribution in [0.3, 0.4) is 0 Å². The number of hydrogen-bond donors (Lipinski definition) is 1. The Bertz CT molecular complexity index is 493. The first-order valence-electron chi connectivity index (χ1n) is 7.17. The molecule has 0 aliphatic carbocycles. The fourth-order valence-electron chi connectivity index (χ4n) is 3.24. The Labute approximate surface area is 121 Å². The summed E-state index contributed by atoms with van der Waals surface area (Å²) in [6, 6.07) is 2.02. The minimum absolute atomic E-state index is 0.0205. The maximum absolute atomic E-state index is 9.68. The number of ether oxygens (including phenoxy) is 1. The highest BCUT2D eigenvalue weighted by molar-refractivity contribution is 5.52. The smallest absolute Gasteiger partial charge is 0.134 e. The van der Waals surface area contributed by atoms with Gasteiger partial charge in [-0.1, -0.05) is 0 Å².